The highest BCUT2D eigenvalue weighted by Gasteiger charge is 2.33. The number of hydrogen-bond donors (Lipinski definition) is 2. The minimum Gasteiger partial charge on any atom is -0.453 e. The highest BCUT2D eigenvalue weighted by Crippen LogP contribution is 2.37. The van der Waals surface area contributed by atoms with Gasteiger partial charge in [0.2, 0.25) is 0 Å². The van der Waals surface area contributed by atoms with Crippen molar-refractivity contribution in [2.24, 2.45) is 11.8 Å². The van der Waals surface area contributed by atoms with Crippen molar-refractivity contribution in [3.63, 3.8) is 0 Å². The molecule has 0 radical (unpaired) electrons. The summed E-state index contributed by atoms with van der Waals surface area (Å²) in [6.07, 6.45) is 5.65. The molecule has 2 aliphatic rings. The standard InChI is InChI=1S/C14H26N2O3/c1-19-14(18)16-9-12(7-11-3-4-11)8-13(10-16)15-5-2-6-17/h11-13,15,17H,2-10H2,1H3. The van der Waals surface area contributed by atoms with Crippen LogP contribution in [0.4, 0.5) is 4.79 Å². The minimum atomic E-state index is -0.213. The van der Waals surface area contributed by atoms with E-state index in [9.17, 15) is 4.79 Å². The van der Waals surface area contributed by atoms with E-state index in [1.54, 1.807) is 0 Å². The molecule has 0 spiro atoms. The molecular formula is C14H26N2O3. The number of carbonyl (C=O) groups excluding carboxylic acids is 1. The average molecular weight is 270 g/mol. The van der Waals surface area contributed by atoms with Crippen LogP contribution in [-0.2, 0) is 4.74 Å². The molecule has 0 bridgehead atoms. The van der Waals surface area contributed by atoms with Gasteiger partial charge in [0.15, 0.2) is 0 Å². The zero-order valence-corrected chi connectivity index (χ0v) is 11.8. The Hall–Kier alpha value is -0.810. The van der Waals surface area contributed by atoms with Crippen LogP contribution in [0.25, 0.3) is 0 Å². The van der Waals surface area contributed by atoms with Crippen molar-refractivity contribution in [1.29, 1.82) is 0 Å². The summed E-state index contributed by atoms with van der Waals surface area (Å²) in [6, 6.07) is 0.336. The predicted octanol–water partition coefficient (Wildman–Crippen LogP) is 1.22. The molecule has 0 aromatic carbocycles. The van der Waals surface area contributed by atoms with Crippen molar-refractivity contribution >= 4 is 6.09 Å². The van der Waals surface area contributed by atoms with Gasteiger partial charge in [0, 0.05) is 25.7 Å². The van der Waals surface area contributed by atoms with E-state index < -0.39 is 0 Å². The van der Waals surface area contributed by atoms with Crippen LogP contribution in [0.5, 0.6) is 0 Å². The lowest BCUT2D eigenvalue weighted by Gasteiger charge is -2.37. The summed E-state index contributed by atoms with van der Waals surface area (Å²) in [6.45, 7) is 2.58. The Morgan fingerprint density at radius 3 is 2.79 bits per heavy atom. The number of piperidine rings is 1. The third kappa shape index (κ3) is 4.66. The van der Waals surface area contributed by atoms with Crippen molar-refractivity contribution in [1.82, 2.24) is 10.2 Å². The van der Waals surface area contributed by atoms with E-state index in [4.69, 9.17) is 9.84 Å². The minimum absolute atomic E-state index is 0.213. The molecule has 1 aliphatic carbocycles. The second-order valence-corrected chi connectivity index (χ2v) is 5.88. The molecule has 2 N–H and O–H groups in total. The number of aliphatic hydroxyl groups excluding tert-OH is 1. The summed E-state index contributed by atoms with van der Waals surface area (Å²) in [4.78, 5) is 13.6. The first-order valence-electron chi connectivity index (χ1n) is 7.40. The molecule has 2 atom stereocenters. The zero-order chi connectivity index (χ0) is 13.7. The molecule has 5 heteroatoms. The van der Waals surface area contributed by atoms with Crippen LogP contribution in [0, 0.1) is 11.8 Å². The maximum Gasteiger partial charge on any atom is 0.409 e. The van der Waals surface area contributed by atoms with Crippen molar-refractivity contribution in [2.45, 2.75) is 38.1 Å². The maximum atomic E-state index is 11.7. The predicted molar refractivity (Wildman–Crippen MR) is 72.9 cm³/mol. The Bertz CT molecular complexity index is 294. The third-order valence-electron chi connectivity index (χ3n) is 4.10. The van der Waals surface area contributed by atoms with Crippen LogP contribution >= 0.6 is 0 Å². The largest absolute Gasteiger partial charge is 0.453 e. The van der Waals surface area contributed by atoms with E-state index in [-0.39, 0.29) is 12.7 Å². The number of hydrogen-bond acceptors (Lipinski definition) is 4. The summed E-state index contributed by atoms with van der Waals surface area (Å²) < 4.78 is 4.85. The Morgan fingerprint density at radius 2 is 2.16 bits per heavy atom. The second kappa shape index (κ2) is 7.10. The second-order valence-electron chi connectivity index (χ2n) is 5.88. The first-order chi connectivity index (χ1) is 9.22. The number of rotatable bonds is 6. The number of aliphatic hydroxyl groups is 1. The molecule has 1 saturated carbocycles. The molecule has 1 aliphatic heterocycles. The van der Waals surface area contributed by atoms with Gasteiger partial charge in [-0.2, -0.15) is 0 Å². The summed E-state index contributed by atoms with van der Waals surface area (Å²) in [5.41, 5.74) is 0. The smallest absolute Gasteiger partial charge is 0.409 e. The molecule has 0 aromatic heterocycles. The number of carbonyl (C=O) groups is 1. The van der Waals surface area contributed by atoms with Crippen LogP contribution < -0.4 is 5.32 Å². The van der Waals surface area contributed by atoms with E-state index in [1.807, 2.05) is 4.90 Å². The maximum absolute atomic E-state index is 11.7. The molecule has 5 nitrogen and oxygen atoms in total. The Balaban J connectivity index is 1.84. The van der Waals surface area contributed by atoms with Gasteiger partial charge in [-0.05, 0) is 37.6 Å². The Morgan fingerprint density at radius 1 is 1.37 bits per heavy atom. The third-order valence-corrected chi connectivity index (χ3v) is 4.10. The lowest BCUT2D eigenvalue weighted by Crippen LogP contribution is -2.51. The van der Waals surface area contributed by atoms with Gasteiger partial charge in [-0.25, -0.2) is 4.79 Å². The molecule has 19 heavy (non-hydrogen) atoms. The molecule has 110 valence electrons. The average Bonchev–Trinajstić information content (AvgIpc) is 3.22. The van der Waals surface area contributed by atoms with Gasteiger partial charge < -0.3 is 20.1 Å². The Kier molecular flexibility index (Phi) is 5.45. The number of methoxy groups -OCH3 is 1. The number of ether oxygens (including phenoxy) is 1. The number of nitrogens with zero attached hydrogens (tertiary/aromatic N) is 1. The van der Waals surface area contributed by atoms with E-state index in [0.717, 1.165) is 38.4 Å². The fraction of sp³-hybridized carbons (Fsp3) is 0.929. The number of likely N-dealkylation sites (tertiary alicyclic amines) is 1. The van der Waals surface area contributed by atoms with Gasteiger partial charge in [0.25, 0.3) is 0 Å². The van der Waals surface area contributed by atoms with Crippen LogP contribution in [0.2, 0.25) is 0 Å². The monoisotopic (exact) mass is 270 g/mol. The molecule has 1 amide bonds. The van der Waals surface area contributed by atoms with E-state index >= 15 is 0 Å². The molecule has 2 rings (SSSR count). The highest BCUT2D eigenvalue weighted by molar-refractivity contribution is 5.67. The first kappa shape index (κ1) is 14.6. The summed E-state index contributed by atoms with van der Waals surface area (Å²) >= 11 is 0. The van der Waals surface area contributed by atoms with Gasteiger partial charge in [0.1, 0.15) is 0 Å². The zero-order valence-electron chi connectivity index (χ0n) is 11.8. The van der Waals surface area contributed by atoms with Crippen molar-refractivity contribution in [3.8, 4) is 0 Å². The topological polar surface area (TPSA) is 61.8 Å². The van der Waals surface area contributed by atoms with Crippen LogP contribution in [0.15, 0.2) is 0 Å². The van der Waals surface area contributed by atoms with E-state index in [1.165, 1.54) is 26.4 Å². The molecule has 1 heterocycles. The van der Waals surface area contributed by atoms with Crippen LogP contribution in [0.1, 0.15) is 32.1 Å². The first-order valence-corrected chi connectivity index (χ1v) is 7.40. The van der Waals surface area contributed by atoms with Crippen molar-refractivity contribution in [2.75, 3.05) is 33.4 Å². The van der Waals surface area contributed by atoms with Gasteiger partial charge in [0.05, 0.1) is 7.11 Å². The summed E-state index contributed by atoms with van der Waals surface area (Å²) in [7, 11) is 1.45. The van der Waals surface area contributed by atoms with Crippen molar-refractivity contribution in [3.05, 3.63) is 0 Å². The van der Waals surface area contributed by atoms with Gasteiger partial charge in [-0.3, -0.25) is 0 Å². The highest BCUT2D eigenvalue weighted by atomic mass is 16.5. The molecule has 0 aromatic rings. The fourth-order valence-electron chi connectivity index (χ4n) is 3.01. The van der Waals surface area contributed by atoms with Gasteiger partial charge in [-0.15, -0.1) is 0 Å². The SMILES string of the molecule is COC(=O)N1CC(CC2CC2)CC(NCCCO)C1. The Labute approximate surface area is 115 Å². The molecular weight excluding hydrogens is 244 g/mol. The van der Waals surface area contributed by atoms with E-state index in [0.29, 0.717) is 12.0 Å². The molecule has 2 fully saturated rings. The lowest BCUT2D eigenvalue weighted by molar-refractivity contribution is 0.0876. The van der Waals surface area contributed by atoms with Crippen LogP contribution in [-0.4, -0.2) is 55.5 Å². The molecule has 1 saturated heterocycles. The summed E-state index contributed by atoms with van der Waals surface area (Å²) in [5.74, 6) is 1.48. The van der Waals surface area contributed by atoms with E-state index in [2.05, 4.69) is 5.32 Å². The van der Waals surface area contributed by atoms with Gasteiger partial charge in [-0.1, -0.05) is 12.8 Å². The number of amides is 1. The van der Waals surface area contributed by atoms with Crippen molar-refractivity contribution < 1.29 is 14.6 Å². The van der Waals surface area contributed by atoms with Gasteiger partial charge >= 0.3 is 6.09 Å². The normalized spacial score (nSPS) is 27.4. The fourth-order valence-corrected chi connectivity index (χ4v) is 3.01. The number of nitrogens with one attached hydrogen (secondary N) is 1. The quantitative estimate of drug-likeness (QED) is 0.712. The molecule has 2 unspecified atom stereocenters. The lowest BCUT2D eigenvalue weighted by atomic mass is 9.90. The summed E-state index contributed by atoms with van der Waals surface area (Å²) in [5, 5.41) is 12.3. The van der Waals surface area contributed by atoms with Crippen LogP contribution in [0.3, 0.4) is 0 Å².